The van der Waals surface area contributed by atoms with E-state index in [-0.39, 0.29) is 5.41 Å². The van der Waals surface area contributed by atoms with Crippen molar-refractivity contribution in [1.29, 1.82) is 0 Å². The molecule has 4 heteroatoms. The number of fused-ring (bicyclic) bond motifs is 1. The summed E-state index contributed by atoms with van der Waals surface area (Å²) in [7, 11) is 1.78. The van der Waals surface area contributed by atoms with E-state index in [1.165, 1.54) is 5.56 Å². The molecule has 0 bridgehead atoms. The molecule has 1 saturated heterocycles. The van der Waals surface area contributed by atoms with Crippen molar-refractivity contribution in [1.82, 2.24) is 5.32 Å². The first-order valence-corrected chi connectivity index (χ1v) is 7.11. The first-order valence-electron chi connectivity index (χ1n) is 6.35. The van der Waals surface area contributed by atoms with Crippen molar-refractivity contribution in [3.8, 4) is 0 Å². The van der Waals surface area contributed by atoms with Gasteiger partial charge in [-0.1, -0.05) is 29.3 Å². The smallest absolute Gasteiger partial charge is 0.0595 e. The first kappa shape index (κ1) is 12.7. The van der Waals surface area contributed by atoms with Crippen LogP contribution < -0.4 is 5.32 Å². The molecule has 1 aliphatic carbocycles. The zero-order valence-corrected chi connectivity index (χ0v) is 11.9. The average molecular weight is 286 g/mol. The van der Waals surface area contributed by atoms with E-state index in [0.717, 1.165) is 26.1 Å². The molecular weight excluding hydrogens is 269 g/mol. The van der Waals surface area contributed by atoms with Gasteiger partial charge < -0.3 is 10.1 Å². The Hall–Kier alpha value is -0.280. The van der Waals surface area contributed by atoms with Crippen LogP contribution in [-0.2, 0) is 10.2 Å². The summed E-state index contributed by atoms with van der Waals surface area (Å²) in [5.74, 6) is 1.28. The van der Waals surface area contributed by atoms with E-state index in [1.54, 1.807) is 7.11 Å². The highest BCUT2D eigenvalue weighted by molar-refractivity contribution is 6.42. The van der Waals surface area contributed by atoms with E-state index in [0.29, 0.717) is 21.9 Å². The second-order valence-corrected chi connectivity index (χ2v) is 6.11. The van der Waals surface area contributed by atoms with Gasteiger partial charge in [0.25, 0.3) is 0 Å². The lowest BCUT2D eigenvalue weighted by Gasteiger charge is -2.24. The zero-order valence-electron chi connectivity index (χ0n) is 10.4. The van der Waals surface area contributed by atoms with Crippen LogP contribution in [0.2, 0.25) is 10.0 Å². The van der Waals surface area contributed by atoms with Crippen molar-refractivity contribution < 1.29 is 4.74 Å². The van der Waals surface area contributed by atoms with Crippen LogP contribution >= 0.6 is 23.2 Å². The Labute approximate surface area is 118 Å². The molecule has 2 nitrogen and oxygen atoms in total. The van der Waals surface area contributed by atoms with Gasteiger partial charge in [0.15, 0.2) is 0 Å². The predicted octanol–water partition coefficient (Wildman–Crippen LogP) is 3.12. The molecule has 0 radical (unpaired) electrons. The molecule has 2 aliphatic rings. The van der Waals surface area contributed by atoms with Crippen molar-refractivity contribution in [2.45, 2.75) is 11.8 Å². The van der Waals surface area contributed by atoms with Crippen molar-refractivity contribution in [2.75, 3.05) is 26.8 Å². The van der Waals surface area contributed by atoms with E-state index in [9.17, 15) is 0 Å². The number of halogens is 2. The fraction of sp³-hybridized carbons (Fsp3) is 0.571. The molecule has 0 spiro atoms. The van der Waals surface area contributed by atoms with E-state index >= 15 is 0 Å². The van der Waals surface area contributed by atoms with Gasteiger partial charge in [0.2, 0.25) is 0 Å². The van der Waals surface area contributed by atoms with Gasteiger partial charge >= 0.3 is 0 Å². The minimum Gasteiger partial charge on any atom is -0.384 e. The summed E-state index contributed by atoms with van der Waals surface area (Å²) >= 11 is 12.2. The molecule has 1 heterocycles. The first-order chi connectivity index (χ1) is 8.70. The van der Waals surface area contributed by atoms with Crippen LogP contribution in [0.5, 0.6) is 0 Å². The third kappa shape index (κ3) is 1.78. The lowest BCUT2D eigenvalue weighted by molar-refractivity contribution is 0.175. The maximum Gasteiger partial charge on any atom is 0.0595 e. The molecule has 1 saturated carbocycles. The standard InChI is InChI=1S/C14H17Cl2NO/c1-18-8-11-10-7-17-5-4-14(10,11)9-2-3-12(15)13(16)6-9/h2-3,6,10-11,17H,4-5,7-8H2,1H3/t10-,11+,14+/m0/s1. The second kappa shape index (κ2) is 4.68. The Balaban J connectivity index is 1.95. The van der Waals surface area contributed by atoms with Gasteiger partial charge in [-0.2, -0.15) is 0 Å². The van der Waals surface area contributed by atoms with Crippen LogP contribution in [0.3, 0.4) is 0 Å². The molecule has 1 aliphatic heterocycles. The summed E-state index contributed by atoms with van der Waals surface area (Å²) < 4.78 is 5.37. The third-order valence-corrected chi connectivity index (χ3v) is 5.32. The van der Waals surface area contributed by atoms with Gasteiger partial charge in [0.1, 0.15) is 0 Å². The molecule has 18 heavy (non-hydrogen) atoms. The average Bonchev–Trinajstić information content (AvgIpc) is 3.03. The minimum absolute atomic E-state index is 0.259. The van der Waals surface area contributed by atoms with Crippen LogP contribution in [0, 0.1) is 11.8 Å². The zero-order chi connectivity index (χ0) is 12.8. The number of ether oxygens (including phenoxy) is 1. The molecule has 0 aromatic heterocycles. The predicted molar refractivity (Wildman–Crippen MR) is 74.5 cm³/mol. The highest BCUT2D eigenvalue weighted by Crippen LogP contribution is 2.63. The van der Waals surface area contributed by atoms with E-state index in [1.807, 2.05) is 12.1 Å². The van der Waals surface area contributed by atoms with Gasteiger partial charge in [-0.15, -0.1) is 0 Å². The van der Waals surface area contributed by atoms with Crippen molar-refractivity contribution in [2.24, 2.45) is 11.8 Å². The van der Waals surface area contributed by atoms with E-state index in [2.05, 4.69) is 11.4 Å². The lowest BCUT2D eigenvalue weighted by atomic mass is 9.86. The number of hydrogen-bond donors (Lipinski definition) is 1. The van der Waals surface area contributed by atoms with Gasteiger partial charge in [-0.05, 0) is 49.0 Å². The molecule has 1 aromatic carbocycles. The minimum atomic E-state index is 0.259. The monoisotopic (exact) mass is 285 g/mol. The molecule has 0 unspecified atom stereocenters. The van der Waals surface area contributed by atoms with Gasteiger partial charge in [0.05, 0.1) is 16.7 Å². The third-order valence-electron chi connectivity index (χ3n) is 4.58. The maximum atomic E-state index is 6.16. The number of nitrogens with one attached hydrogen (secondary N) is 1. The maximum absolute atomic E-state index is 6.16. The summed E-state index contributed by atoms with van der Waals surface area (Å²) in [6.45, 7) is 2.97. The van der Waals surface area contributed by atoms with E-state index in [4.69, 9.17) is 27.9 Å². The SMILES string of the molecule is COC[C@@H]1[C@@H]2CNCC[C@]12c1ccc(Cl)c(Cl)c1. The van der Waals surface area contributed by atoms with Crippen LogP contribution in [0.1, 0.15) is 12.0 Å². The number of benzene rings is 1. The van der Waals surface area contributed by atoms with Crippen LogP contribution in [0.4, 0.5) is 0 Å². The summed E-state index contributed by atoms with van der Waals surface area (Å²) in [5.41, 5.74) is 1.58. The van der Waals surface area contributed by atoms with Crippen molar-refractivity contribution >= 4 is 23.2 Å². The topological polar surface area (TPSA) is 21.3 Å². The summed E-state index contributed by atoms with van der Waals surface area (Å²) in [6.07, 6.45) is 1.16. The summed E-state index contributed by atoms with van der Waals surface area (Å²) in [6, 6.07) is 6.08. The fourth-order valence-electron chi connectivity index (χ4n) is 3.66. The molecule has 3 rings (SSSR count). The Morgan fingerprint density at radius 1 is 1.39 bits per heavy atom. The van der Waals surface area contributed by atoms with Crippen LogP contribution in [0.15, 0.2) is 18.2 Å². The van der Waals surface area contributed by atoms with Crippen LogP contribution in [0.25, 0.3) is 0 Å². The number of methoxy groups -OCH3 is 1. The Bertz CT molecular complexity index is 465. The summed E-state index contributed by atoms with van der Waals surface area (Å²) in [4.78, 5) is 0. The molecule has 3 atom stereocenters. The van der Waals surface area contributed by atoms with Crippen molar-refractivity contribution in [3.05, 3.63) is 33.8 Å². The van der Waals surface area contributed by atoms with Crippen LogP contribution in [-0.4, -0.2) is 26.8 Å². The van der Waals surface area contributed by atoms with Crippen molar-refractivity contribution in [3.63, 3.8) is 0 Å². The largest absolute Gasteiger partial charge is 0.384 e. The molecule has 1 aromatic rings. The summed E-state index contributed by atoms with van der Waals surface area (Å²) in [5, 5.41) is 4.76. The molecule has 0 amide bonds. The lowest BCUT2D eigenvalue weighted by Crippen LogP contribution is -2.31. The number of rotatable bonds is 3. The molecule has 98 valence electrons. The highest BCUT2D eigenvalue weighted by Gasteiger charge is 2.65. The normalized spacial score (nSPS) is 34.2. The molecular formula is C14H17Cl2NO. The van der Waals surface area contributed by atoms with E-state index < -0.39 is 0 Å². The Morgan fingerprint density at radius 2 is 2.22 bits per heavy atom. The van der Waals surface area contributed by atoms with Gasteiger partial charge in [-0.3, -0.25) is 0 Å². The van der Waals surface area contributed by atoms with Gasteiger partial charge in [-0.25, -0.2) is 0 Å². The number of piperidine rings is 1. The highest BCUT2D eigenvalue weighted by atomic mass is 35.5. The Morgan fingerprint density at radius 3 is 2.94 bits per heavy atom. The quantitative estimate of drug-likeness (QED) is 0.921. The molecule has 2 fully saturated rings. The fourth-order valence-corrected chi connectivity index (χ4v) is 3.95. The second-order valence-electron chi connectivity index (χ2n) is 5.29. The molecule has 1 N–H and O–H groups in total. The van der Waals surface area contributed by atoms with Gasteiger partial charge in [0, 0.05) is 12.5 Å². The number of hydrogen-bond acceptors (Lipinski definition) is 2. The Kier molecular flexibility index (Phi) is 3.31.